The van der Waals surface area contributed by atoms with Crippen LogP contribution in [-0.2, 0) is 0 Å². The van der Waals surface area contributed by atoms with E-state index in [9.17, 15) is 0 Å². The third-order valence-electron chi connectivity index (χ3n) is 2.58. The molecule has 0 heterocycles. The Labute approximate surface area is 108 Å². The van der Waals surface area contributed by atoms with Crippen molar-refractivity contribution in [2.45, 2.75) is 47.5 Å². The second-order valence-electron chi connectivity index (χ2n) is 4.22. The highest BCUT2D eigenvalue weighted by Gasteiger charge is 2.36. The van der Waals surface area contributed by atoms with Crippen LogP contribution in [0.15, 0.2) is 48.1 Å². The van der Waals surface area contributed by atoms with E-state index in [1.807, 2.05) is 19.9 Å². The summed E-state index contributed by atoms with van der Waals surface area (Å²) >= 11 is 0. The lowest BCUT2D eigenvalue weighted by molar-refractivity contribution is 0.960. The monoisotopic (exact) mass is 232 g/mol. The molecule has 0 N–H and O–H groups in total. The van der Waals surface area contributed by atoms with Crippen LogP contribution in [0.2, 0.25) is 0 Å². The van der Waals surface area contributed by atoms with Gasteiger partial charge in [0.1, 0.15) is 0 Å². The topological polar surface area (TPSA) is 0 Å². The van der Waals surface area contributed by atoms with Gasteiger partial charge in [-0.1, -0.05) is 71.1 Å². The number of allylic oxidation sites excluding steroid dienone is 7. The molecule has 0 aromatic carbocycles. The maximum Gasteiger partial charge on any atom is -0.0155 e. The van der Waals surface area contributed by atoms with Gasteiger partial charge in [-0.3, -0.25) is 0 Å². The summed E-state index contributed by atoms with van der Waals surface area (Å²) < 4.78 is 0. The Morgan fingerprint density at radius 3 is 2.06 bits per heavy atom. The Bertz CT molecular complexity index is 302. The highest BCUT2D eigenvalue weighted by Crippen LogP contribution is 2.46. The number of rotatable bonds is 2. The van der Waals surface area contributed by atoms with Gasteiger partial charge < -0.3 is 0 Å². The maximum atomic E-state index is 3.83. The predicted molar refractivity (Wildman–Crippen MR) is 80.1 cm³/mol. The van der Waals surface area contributed by atoms with Gasteiger partial charge in [-0.2, -0.15) is 0 Å². The smallest absolute Gasteiger partial charge is 0.0155 e. The van der Waals surface area contributed by atoms with E-state index in [1.165, 1.54) is 24.0 Å². The van der Waals surface area contributed by atoms with E-state index in [0.29, 0.717) is 0 Å². The number of fused-ring (bicyclic) bond motifs is 1. The van der Waals surface area contributed by atoms with Crippen LogP contribution in [0.3, 0.4) is 0 Å². The van der Waals surface area contributed by atoms with Crippen molar-refractivity contribution in [2.24, 2.45) is 11.8 Å². The molecule has 0 saturated heterocycles. The lowest BCUT2D eigenvalue weighted by atomic mass is 9.98. The Morgan fingerprint density at radius 1 is 1.18 bits per heavy atom. The molecule has 0 aromatic rings. The standard InChI is InChI=1S/C12H14.C3H8.C2H6/c1-3-5-10-7-12-8-11(12)6-9(10)4-2;1-3-2;1-2/h3-7,11-12H,2,8H2,1H3;3H2,1-2H3;1-2H3/b5-3-;;. The van der Waals surface area contributed by atoms with Gasteiger partial charge in [0.15, 0.2) is 0 Å². The molecule has 0 spiro atoms. The molecular formula is C17H28. The predicted octanol–water partition coefficient (Wildman–Crippen LogP) is 5.69. The quantitative estimate of drug-likeness (QED) is 0.573. The van der Waals surface area contributed by atoms with Crippen molar-refractivity contribution < 1.29 is 0 Å². The van der Waals surface area contributed by atoms with E-state index in [0.717, 1.165) is 11.8 Å². The maximum absolute atomic E-state index is 3.83. The van der Waals surface area contributed by atoms with Crippen LogP contribution < -0.4 is 0 Å². The van der Waals surface area contributed by atoms with E-state index in [-0.39, 0.29) is 0 Å². The first-order valence-corrected chi connectivity index (χ1v) is 6.95. The normalized spacial score (nSPS) is 24.3. The summed E-state index contributed by atoms with van der Waals surface area (Å²) in [5.74, 6) is 1.66. The van der Waals surface area contributed by atoms with Crippen molar-refractivity contribution in [3.05, 3.63) is 48.1 Å². The molecule has 96 valence electrons. The van der Waals surface area contributed by atoms with Gasteiger partial charge >= 0.3 is 0 Å². The first-order chi connectivity index (χ1) is 8.26. The molecular weight excluding hydrogens is 204 g/mol. The molecule has 0 nitrogen and oxygen atoms in total. The average Bonchev–Trinajstić information content (AvgIpc) is 3.10. The van der Waals surface area contributed by atoms with Crippen molar-refractivity contribution in [3.63, 3.8) is 0 Å². The van der Waals surface area contributed by atoms with E-state index in [2.05, 4.69) is 51.7 Å². The average molecular weight is 232 g/mol. The Morgan fingerprint density at radius 2 is 1.65 bits per heavy atom. The van der Waals surface area contributed by atoms with E-state index < -0.39 is 0 Å². The highest BCUT2D eigenvalue weighted by molar-refractivity contribution is 5.50. The summed E-state index contributed by atoms with van der Waals surface area (Å²) in [5.41, 5.74) is 2.66. The molecule has 0 bridgehead atoms. The number of hydrogen-bond acceptors (Lipinski definition) is 0. The molecule has 1 saturated carbocycles. The van der Waals surface area contributed by atoms with Gasteiger partial charge in [-0.25, -0.2) is 0 Å². The Kier molecular flexibility index (Phi) is 8.49. The summed E-state index contributed by atoms with van der Waals surface area (Å²) in [7, 11) is 0. The number of hydrogen-bond donors (Lipinski definition) is 0. The lowest BCUT2D eigenvalue weighted by Crippen LogP contribution is -1.91. The molecule has 2 rings (SSSR count). The fourth-order valence-corrected chi connectivity index (χ4v) is 1.79. The van der Waals surface area contributed by atoms with Gasteiger partial charge in [-0.15, -0.1) is 0 Å². The zero-order valence-corrected chi connectivity index (χ0v) is 12.2. The molecule has 0 aliphatic heterocycles. The Hall–Kier alpha value is -1.04. The second-order valence-corrected chi connectivity index (χ2v) is 4.22. The van der Waals surface area contributed by atoms with Gasteiger partial charge in [0.05, 0.1) is 0 Å². The van der Waals surface area contributed by atoms with Gasteiger partial charge in [0.2, 0.25) is 0 Å². The molecule has 17 heavy (non-hydrogen) atoms. The lowest BCUT2D eigenvalue weighted by Gasteiger charge is -2.07. The molecule has 2 unspecified atom stereocenters. The molecule has 0 aromatic heterocycles. The highest BCUT2D eigenvalue weighted by atomic mass is 14.4. The first-order valence-electron chi connectivity index (χ1n) is 6.95. The van der Waals surface area contributed by atoms with Crippen molar-refractivity contribution in [1.82, 2.24) is 0 Å². The van der Waals surface area contributed by atoms with Crippen LogP contribution in [-0.4, -0.2) is 0 Å². The summed E-state index contributed by atoms with van der Waals surface area (Å²) in [6, 6.07) is 0. The summed E-state index contributed by atoms with van der Waals surface area (Å²) in [6.07, 6.45) is 13.5. The third kappa shape index (κ3) is 5.21. The molecule has 0 amide bonds. The second kappa shape index (κ2) is 9.04. The minimum atomic E-state index is 0.826. The van der Waals surface area contributed by atoms with Crippen molar-refractivity contribution in [1.29, 1.82) is 0 Å². The van der Waals surface area contributed by atoms with Crippen molar-refractivity contribution in [3.8, 4) is 0 Å². The van der Waals surface area contributed by atoms with Crippen LogP contribution in [0, 0.1) is 11.8 Å². The molecule has 0 radical (unpaired) electrons. The minimum absolute atomic E-state index is 0.826. The first kappa shape index (κ1) is 16.0. The van der Waals surface area contributed by atoms with Crippen LogP contribution in [0.1, 0.15) is 47.5 Å². The van der Waals surface area contributed by atoms with Crippen LogP contribution in [0.5, 0.6) is 0 Å². The van der Waals surface area contributed by atoms with Gasteiger partial charge in [0, 0.05) is 0 Å². The molecule has 2 atom stereocenters. The fraction of sp³-hybridized carbons (Fsp3) is 0.529. The molecule has 1 fully saturated rings. The van der Waals surface area contributed by atoms with Crippen molar-refractivity contribution >= 4 is 0 Å². The fourth-order valence-electron chi connectivity index (χ4n) is 1.79. The van der Waals surface area contributed by atoms with Gasteiger partial charge in [0.25, 0.3) is 0 Å². The zero-order chi connectivity index (χ0) is 13.3. The third-order valence-corrected chi connectivity index (χ3v) is 2.58. The van der Waals surface area contributed by atoms with E-state index in [1.54, 1.807) is 0 Å². The zero-order valence-electron chi connectivity index (χ0n) is 12.2. The minimum Gasteiger partial charge on any atom is -0.0985 e. The summed E-state index contributed by atoms with van der Waals surface area (Å²) in [5, 5.41) is 0. The SMILES string of the molecule is C=CC1=CC2CC2C=C1/C=C\C.CC.CCC. The van der Waals surface area contributed by atoms with Crippen LogP contribution >= 0.6 is 0 Å². The largest absolute Gasteiger partial charge is 0.0985 e. The summed E-state index contributed by atoms with van der Waals surface area (Å²) in [6.45, 7) is 14.1. The van der Waals surface area contributed by atoms with Crippen LogP contribution in [0.4, 0.5) is 0 Å². The van der Waals surface area contributed by atoms with Crippen LogP contribution in [0.25, 0.3) is 0 Å². The molecule has 0 heteroatoms. The summed E-state index contributed by atoms with van der Waals surface area (Å²) in [4.78, 5) is 0. The molecule has 2 aliphatic rings. The van der Waals surface area contributed by atoms with Gasteiger partial charge in [-0.05, 0) is 36.3 Å². The Balaban J connectivity index is 0.000000450. The molecule has 2 aliphatic carbocycles. The van der Waals surface area contributed by atoms with E-state index >= 15 is 0 Å². The van der Waals surface area contributed by atoms with Crippen molar-refractivity contribution in [2.75, 3.05) is 0 Å². The van der Waals surface area contributed by atoms with E-state index in [4.69, 9.17) is 0 Å².